The summed E-state index contributed by atoms with van der Waals surface area (Å²) < 4.78 is 9.90. The molecule has 0 unspecified atom stereocenters. The summed E-state index contributed by atoms with van der Waals surface area (Å²) in [5.41, 5.74) is 0.875. The van der Waals surface area contributed by atoms with Crippen molar-refractivity contribution in [1.29, 1.82) is 0 Å². The first kappa shape index (κ1) is 17.8. The fourth-order valence-corrected chi connectivity index (χ4v) is 2.21. The molecule has 0 aliphatic heterocycles. The Morgan fingerprint density at radius 1 is 1.33 bits per heavy atom. The van der Waals surface area contributed by atoms with Crippen LogP contribution in [0.5, 0.6) is 0 Å². The zero-order valence-electron chi connectivity index (χ0n) is 13.6. The lowest BCUT2D eigenvalue weighted by atomic mass is 10.2. The average Bonchev–Trinajstić information content (AvgIpc) is 2.98. The number of carbonyl (C=O) groups is 2. The van der Waals surface area contributed by atoms with Gasteiger partial charge < -0.3 is 14.6 Å². The lowest BCUT2D eigenvalue weighted by Gasteiger charge is -2.10. The summed E-state index contributed by atoms with van der Waals surface area (Å²) in [6, 6.07) is 9.30. The molecular weight excluding hydrogens is 328 g/mol. The number of esters is 1. The number of thioether (sulfide) groups is 1. The lowest BCUT2D eigenvalue weighted by molar-refractivity contribution is -0.148. The third-order valence-corrected chi connectivity index (χ3v) is 3.81. The number of nitrogens with zero attached hydrogens (tertiary/aromatic N) is 1. The van der Waals surface area contributed by atoms with Crippen LogP contribution < -0.4 is 5.32 Å². The van der Waals surface area contributed by atoms with E-state index in [0.29, 0.717) is 5.76 Å². The summed E-state index contributed by atoms with van der Waals surface area (Å²) in [6.45, 7) is 3.20. The molecule has 1 atom stereocenters. The van der Waals surface area contributed by atoms with Crippen LogP contribution >= 0.6 is 11.8 Å². The third kappa shape index (κ3) is 5.27. The Kier molecular flexibility index (Phi) is 6.20. The second kappa shape index (κ2) is 8.35. The largest absolute Gasteiger partial charge is 0.449 e. The van der Waals surface area contributed by atoms with Crippen molar-refractivity contribution in [3.8, 4) is 0 Å². The highest BCUT2D eigenvalue weighted by molar-refractivity contribution is 7.98. The molecule has 2 aromatic rings. The molecule has 1 heterocycles. The Morgan fingerprint density at radius 3 is 2.62 bits per heavy atom. The van der Waals surface area contributed by atoms with Crippen molar-refractivity contribution in [2.24, 2.45) is 0 Å². The molecular formula is C17H18N2O4S. The predicted octanol–water partition coefficient (Wildman–Crippen LogP) is 3.29. The number of ether oxygens (including phenoxy) is 1. The van der Waals surface area contributed by atoms with Crippen molar-refractivity contribution in [2.45, 2.75) is 24.8 Å². The smallest absolute Gasteiger partial charge is 0.331 e. The van der Waals surface area contributed by atoms with Gasteiger partial charge in [0.25, 0.3) is 5.91 Å². The summed E-state index contributed by atoms with van der Waals surface area (Å²) in [4.78, 5) is 24.8. The first-order valence-corrected chi connectivity index (χ1v) is 8.47. The predicted molar refractivity (Wildman–Crippen MR) is 92.7 cm³/mol. The number of aromatic nitrogens is 1. The summed E-state index contributed by atoms with van der Waals surface area (Å²) in [6.07, 6.45) is 3.98. The van der Waals surface area contributed by atoms with E-state index in [-0.39, 0.29) is 5.82 Å². The van der Waals surface area contributed by atoms with E-state index >= 15 is 0 Å². The van der Waals surface area contributed by atoms with Crippen molar-refractivity contribution in [3.05, 3.63) is 47.7 Å². The lowest BCUT2D eigenvalue weighted by Crippen LogP contribution is -2.29. The van der Waals surface area contributed by atoms with Crippen LogP contribution in [0.15, 0.2) is 45.8 Å². The Morgan fingerprint density at radius 2 is 2.04 bits per heavy atom. The van der Waals surface area contributed by atoms with Crippen LogP contribution in [0.3, 0.4) is 0 Å². The van der Waals surface area contributed by atoms with Gasteiger partial charge in [-0.1, -0.05) is 17.3 Å². The fourth-order valence-electron chi connectivity index (χ4n) is 1.80. The second-order valence-electron chi connectivity index (χ2n) is 5.00. The van der Waals surface area contributed by atoms with E-state index < -0.39 is 18.0 Å². The van der Waals surface area contributed by atoms with E-state index in [1.807, 2.05) is 30.5 Å². The molecule has 7 heteroatoms. The van der Waals surface area contributed by atoms with Crippen molar-refractivity contribution < 1.29 is 18.8 Å². The molecule has 126 valence electrons. The number of benzene rings is 1. The SMILES string of the molecule is CSc1ccc(/C=C/C(=O)O[C@@H](C)C(=O)Nc2cc(C)on2)cc1. The number of nitrogens with one attached hydrogen (secondary N) is 1. The molecule has 0 bridgehead atoms. The molecule has 1 amide bonds. The number of aryl methyl sites for hydroxylation is 1. The maximum absolute atomic E-state index is 11.9. The van der Waals surface area contributed by atoms with E-state index in [0.717, 1.165) is 10.5 Å². The zero-order chi connectivity index (χ0) is 17.5. The van der Waals surface area contributed by atoms with Gasteiger partial charge in [-0.3, -0.25) is 4.79 Å². The molecule has 0 aliphatic carbocycles. The minimum atomic E-state index is -0.946. The van der Waals surface area contributed by atoms with Crippen LogP contribution in [0.4, 0.5) is 5.82 Å². The number of rotatable bonds is 6. The van der Waals surface area contributed by atoms with E-state index in [2.05, 4.69) is 10.5 Å². The van der Waals surface area contributed by atoms with Gasteiger partial charge in [0.05, 0.1) is 0 Å². The number of hydrogen-bond acceptors (Lipinski definition) is 6. The Hall–Kier alpha value is -2.54. The van der Waals surface area contributed by atoms with Crippen molar-refractivity contribution >= 4 is 35.5 Å². The van der Waals surface area contributed by atoms with Crippen LogP contribution in [-0.2, 0) is 14.3 Å². The standard InChI is InChI=1S/C17H18N2O4S/c1-11-10-15(19-23-11)18-17(21)12(2)22-16(20)9-6-13-4-7-14(24-3)8-5-13/h4-10,12H,1-3H3,(H,18,19,21)/b9-6+/t12-/m0/s1. The monoisotopic (exact) mass is 346 g/mol. The van der Waals surface area contributed by atoms with Gasteiger partial charge in [-0.25, -0.2) is 4.79 Å². The maximum Gasteiger partial charge on any atom is 0.331 e. The molecule has 0 saturated carbocycles. The van der Waals surface area contributed by atoms with Gasteiger partial charge in [0.1, 0.15) is 5.76 Å². The van der Waals surface area contributed by atoms with Gasteiger partial charge >= 0.3 is 5.97 Å². The van der Waals surface area contributed by atoms with Crippen molar-refractivity contribution in [1.82, 2.24) is 5.16 Å². The molecule has 2 rings (SSSR count). The van der Waals surface area contributed by atoms with Crippen LogP contribution in [0.1, 0.15) is 18.2 Å². The van der Waals surface area contributed by atoms with Crippen LogP contribution in [0, 0.1) is 6.92 Å². The van der Waals surface area contributed by atoms with Crippen LogP contribution in [0.2, 0.25) is 0 Å². The van der Waals surface area contributed by atoms with Crippen molar-refractivity contribution in [2.75, 3.05) is 11.6 Å². The first-order valence-electron chi connectivity index (χ1n) is 7.25. The van der Waals surface area contributed by atoms with E-state index in [4.69, 9.17) is 9.26 Å². The molecule has 0 spiro atoms. The number of carbonyl (C=O) groups excluding carboxylic acids is 2. The Labute approximate surface area is 144 Å². The minimum absolute atomic E-state index is 0.282. The Balaban J connectivity index is 1.85. The quantitative estimate of drug-likeness (QED) is 0.491. The van der Waals surface area contributed by atoms with E-state index in [9.17, 15) is 9.59 Å². The van der Waals surface area contributed by atoms with Gasteiger partial charge in [0.15, 0.2) is 11.9 Å². The summed E-state index contributed by atoms with van der Waals surface area (Å²) in [5, 5.41) is 6.15. The average molecular weight is 346 g/mol. The van der Waals surface area contributed by atoms with Gasteiger partial charge in [0, 0.05) is 17.0 Å². The topological polar surface area (TPSA) is 81.4 Å². The Bertz CT molecular complexity index is 737. The van der Waals surface area contributed by atoms with Gasteiger partial charge in [-0.15, -0.1) is 11.8 Å². The zero-order valence-corrected chi connectivity index (χ0v) is 14.4. The molecule has 24 heavy (non-hydrogen) atoms. The van der Waals surface area contributed by atoms with Crippen molar-refractivity contribution in [3.63, 3.8) is 0 Å². The van der Waals surface area contributed by atoms with Gasteiger partial charge in [0.2, 0.25) is 0 Å². The molecule has 6 nitrogen and oxygen atoms in total. The van der Waals surface area contributed by atoms with Crippen LogP contribution in [0.25, 0.3) is 6.08 Å². The highest BCUT2D eigenvalue weighted by Crippen LogP contribution is 2.15. The summed E-state index contributed by atoms with van der Waals surface area (Å²) >= 11 is 1.64. The summed E-state index contributed by atoms with van der Waals surface area (Å²) in [7, 11) is 0. The molecule has 0 radical (unpaired) electrons. The van der Waals surface area contributed by atoms with Gasteiger partial charge in [-0.05, 0) is 43.9 Å². The second-order valence-corrected chi connectivity index (χ2v) is 5.88. The third-order valence-electron chi connectivity index (χ3n) is 3.07. The normalized spacial score (nSPS) is 12.1. The highest BCUT2D eigenvalue weighted by Gasteiger charge is 2.17. The van der Waals surface area contributed by atoms with Crippen LogP contribution in [-0.4, -0.2) is 29.4 Å². The molecule has 0 fully saturated rings. The van der Waals surface area contributed by atoms with Gasteiger partial charge in [-0.2, -0.15) is 0 Å². The highest BCUT2D eigenvalue weighted by atomic mass is 32.2. The first-order chi connectivity index (χ1) is 11.5. The minimum Gasteiger partial charge on any atom is -0.449 e. The van der Waals surface area contributed by atoms with E-state index in [1.54, 1.807) is 30.8 Å². The molecule has 1 N–H and O–H groups in total. The molecule has 1 aromatic heterocycles. The molecule has 1 aromatic carbocycles. The molecule has 0 saturated heterocycles. The maximum atomic E-state index is 11.9. The fraction of sp³-hybridized carbons (Fsp3) is 0.235. The van der Waals surface area contributed by atoms with E-state index in [1.165, 1.54) is 13.0 Å². The number of hydrogen-bond donors (Lipinski definition) is 1. The number of anilines is 1. The molecule has 0 aliphatic rings. The number of amides is 1. The summed E-state index contributed by atoms with van der Waals surface area (Å²) in [5.74, 6) is -0.215.